The first-order valence-corrected chi connectivity index (χ1v) is 9.29. The number of benzene rings is 3. The van der Waals surface area contributed by atoms with Crippen LogP contribution in [0.4, 0.5) is 10.1 Å². The highest BCUT2D eigenvalue weighted by atomic mass is 32.2. The van der Waals surface area contributed by atoms with Gasteiger partial charge in [-0.1, -0.05) is 36.4 Å². The number of sulfonamides is 1. The standard InChI is InChI=1S/C19H18FNO3S/c1-3-24-18-12-13-19(15-9-5-4-8-14(15)18)25(22,23)21(2)17-11-7-6-10-16(17)20/h4-13H,3H2,1-2H3. The average Bonchev–Trinajstić information content (AvgIpc) is 2.62. The van der Waals surface area contributed by atoms with E-state index in [-0.39, 0.29) is 10.6 Å². The molecule has 0 aliphatic rings. The average molecular weight is 359 g/mol. The Balaban J connectivity index is 2.18. The number of rotatable bonds is 5. The van der Waals surface area contributed by atoms with Gasteiger partial charge in [-0.3, -0.25) is 4.31 Å². The van der Waals surface area contributed by atoms with E-state index in [9.17, 15) is 12.8 Å². The van der Waals surface area contributed by atoms with E-state index in [0.717, 1.165) is 4.31 Å². The van der Waals surface area contributed by atoms with Gasteiger partial charge in [0.25, 0.3) is 10.0 Å². The molecular weight excluding hydrogens is 341 g/mol. The summed E-state index contributed by atoms with van der Waals surface area (Å²) < 4.78 is 46.8. The van der Waals surface area contributed by atoms with E-state index in [1.165, 1.54) is 31.3 Å². The lowest BCUT2D eigenvalue weighted by Gasteiger charge is -2.21. The molecular formula is C19H18FNO3S. The highest BCUT2D eigenvalue weighted by Gasteiger charge is 2.26. The zero-order valence-corrected chi connectivity index (χ0v) is 14.8. The van der Waals surface area contributed by atoms with Gasteiger partial charge in [0, 0.05) is 17.8 Å². The van der Waals surface area contributed by atoms with Crippen LogP contribution in [-0.2, 0) is 10.0 Å². The fourth-order valence-corrected chi connectivity index (χ4v) is 4.13. The molecule has 0 heterocycles. The smallest absolute Gasteiger partial charge is 0.264 e. The Bertz CT molecular complexity index is 1020. The molecule has 0 radical (unpaired) electrons. The quantitative estimate of drug-likeness (QED) is 0.686. The van der Waals surface area contributed by atoms with Crippen molar-refractivity contribution in [1.82, 2.24) is 0 Å². The molecule has 0 fully saturated rings. The molecule has 0 bridgehead atoms. The molecule has 0 aliphatic carbocycles. The van der Waals surface area contributed by atoms with Crippen molar-refractivity contribution in [1.29, 1.82) is 0 Å². The Morgan fingerprint density at radius 3 is 2.28 bits per heavy atom. The summed E-state index contributed by atoms with van der Waals surface area (Å²) in [6.07, 6.45) is 0. The first-order valence-electron chi connectivity index (χ1n) is 7.85. The van der Waals surface area contributed by atoms with E-state index in [0.29, 0.717) is 23.1 Å². The highest BCUT2D eigenvalue weighted by molar-refractivity contribution is 7.93. The van der Waals surface area contributed by atoms with Gasteiger partial charge in [0.15, 0.2) is 0 Å². The maximum atomic E-state index is 14.0. The van der Waals surface area contributed by atoms with Crippen molar-refractivity contribution < 1.29 is 17.5 Å². The minimum atomic E-state index is -3.94. The number of anilines is 1. The lowest BCUT2D eigenvalue weighted by Crippen LogP contribution is -2.27. The number of fused-ring (bicyclic) bond motifs is 1. The Kier molecular flexibility index (Phi) is 4.63. The number of halogens is 1. The van der Waals surface area contributed by atoms with Crippen LogP contribution >= 0.6 is 0 Å². The van der Waals surface area contributed by atoms with Crippen molar-refractivity contribution >= 4 is 26.5 Å². The molecule has 0 saturated carbocycles. The summed E-state index contributed by atoms with van der Waals surface area (Å²) in [5.74, 6) is 0.0226. The van der Waals surface area contributed by atoms with Crippen LogP contribution in [-0.4, -0.2) is 22.1 Å². The Labute approximate surface area is 146 Å². The molecule has 0 saturated heterocycles. The van der Waals surface area contributed by atoms with Crippen molar-refractivity contribution in [3.05, 3.63) is 66.5 Å². The van der Waals surface area contributed by atoms with Crippen LogP contribution in [0.15, 0.2) is 65.6 Å². The van der Waals surface area contributed by atoms with Gasteiger partial charge >= 0.3 is 0 Å². The van der Waals surface area contributed by atoms with E-state index in [2.05, 4.69) is 0 Å². The van der Waals surface area contributed by atoms with Gasteiger partial charge in [-0.15, -0.1) is 0 Å². The maximum Gasteiger partial charge on any atom is 0.264 e. The second-order valence-electron chi connectivity index (χ2n) is 5.46. The molecule has 3 aromatic carbocycles. The third-order valence-electron chi connectivity index (χ3n) is 3.97. The second kappa shape index (κ2) is 6.72. The summed E-state index contributed by atoms with van der Waals surface area (Å²) in [7, 11) is -2.59. The monoisotopic (exact) mass is 359 g/mol. The van der Waals surface area contributed by atoms with Gasteiger partial charge in [0.1, 0.15) is 11.6 Å². The van der Waals surface area contributed by atoms with Gasteiger partial charge in [-0.05, 0) is 31.2 Å². The Morgan fingerprint density at radius 2 is 1.60 bits per heavy atom. The number of hydrogen-bond donors (Lipinski definition) is 0. The summed E-state index contributed by atoms with van der Waals surface area (Å²) >= 11 is 0. The SMILES string of the molecule is CCOc1ccc(S(=O)(=O)N(C)c2ccccc2F)c2ccccc12. The zero-order chi connectivity index (χ0) is 18.0. The minimum absolute atomic E-state index is 0.000431. The summed E-state index contributed by atoms with van der Waals surface area (Å²) in [6.45, 7) is 2.34. The molecule has 0 unspecified atom stereocenters. The normalized spacial score (nSPS) is 11.5. The lowest BCUT2D eigenvalue weighted by molar-refractivity contribution is 0.344. The van der Waals surface area contributed by atoms with E-state index >= 15 is 0 Å². The van der Waals surface area contributed by atoms with Crippen molar-refractivity contribution in [3.63, 3.8) is 0 Å². The van der Waals surface area contributed by atoms with Gasteiger partial charge in [-0.2, -0.15) is 0 Å². The van der Waals surface area contributed by atoms with Crippen molar-refractivity contribution in [2.24, 2.45) is 0 Å². The van der Waals surface area contributed by atoms with E-state index in [4.69, 9.17) is 4.74 Å². The van der Waals surface area contributed by atoms with Crippen LogP contribution in [0.25, 0.3) is 10.8 Å². The first-order chi connectivity index (χ1) is 12.0. The molecule has 0 aromatic heterocycles. The van der Waals surface area contributed by atoms with Crippen molar-refractivity contribution in [2.75, 3.05) is 18.0 Å². The molecule has 3 rings (SSSR count). The third kappa shape index (κ3) is 3.05. The van der Waals surface area contributed by atoms with Crippen LogP contribution in [0.2, 0.25) is 0 Å². The fraction of sp³-hybridized carbons (Fsp3) is 0.158. The highest BCUT2D eigenvalue weighted by Crippen LogP contribution is 2.34. The fourth-order valence-electron chi connectivity index (χ4n) is 2.73. The Hall–Kier alpha value is -2.60. The van der Waals surface area contributed by atoms with Crippen molar-refractivity contribution in [2.45, 2.75) is 11.8 Å². The summed E-state index contributed by atoms with van der Waals surface area (Å²) in [5.41, 5.74) is 0.000431. The van der Waals surface area contributed by atoms with Crippen molar-refractivity contribution in [3.8, 4) is 5.75 Å². The molecule has 4 nitrogen and oxygen atoms in total. The van der Waals surface area contributed by atoms with Gasteiger partial charge in [-0.25, -0.2) is 12.8 Å². The van der Waals surface area contributed by atoms with Gasteiger partial charge in [0.05, 0.1) is 17.2 Å². The zero-order valence-electron chi connectivity index (χ0n) is 13.9. The number of para-hydroxylation sites is 1. The molecule has 0 amide bonds. The predicted molar refractivity (Wildman–Crippen MR) is 97.1 cm³/mol. The minimum Gasteiger partial charge on any atom is -0.493 e. The van der Waals surface area contributed by atoms with Crippen LogP contribution in [0.3, 0.4) is 0 Å². The summed E-state index contributed by atoms with van der Waals surface area (Å²) in [6, 6.07) is 16.0. The summed E-state index contributed by atoms with van der Waals surface area (Å²) in [4.78, 5) is 0.109. The number of hydrogen-bond acceptors (Lipinski definition) is 3. The van der Waals surface area contributed by atoms with Crippen LogP contribution in [0.5, 0.6) is 5.75 Å². The first kappa shape index (κ1) is 17.2. The predicted octanol–water partition coefficient (Wildman–Crippen LogP) is 4.20. The molecule has 25 heavy (non-hydrogen) atoms. The summed E-state index contributed by atoms with van der Waals surface area (Å²) in [5, 5.41) is 1.24. The molecule has 0 spiro atoms. The van der Waals surface area contributed by atoms with Gasteiger partial charge < -0.3 is 4.74 Å². The van der Waals surface area contributed by atoms with Crippen LogP contribution < -0.4 is 9.04 Å². The largest absolute Gasteiger partial charge is 0.493 e. The number of nitrogens with zero attached hydrogens (tertiary/aromatic N) is 1. The third-order valence-corrected chi connectivity index (χ3v) is 5.80. The van der Waals surface area contributed by atoms with Crippen LogP contribution in [0, 0.1) is 5.82 Å². The van der Waals surface area contributed by atoms with Crippen LogP contribution in [0.1, 0.15) is 6.92 Å². The maximum absolute atomic E-state index is 14.0. The second-order valence-corrected chi connectivity index (χ2v) is 7.40. The molecule has 130 valence electrons. The van der Waals surface area contributed by atoms with E-state index in [1.54, 1.807) is 24.3 Å². The molecule has 0 aliphatic heterocycles. The topological polar surface area (TPSA) is 46.6 Å². The molecule has 0 N–H and O–H groups in total. The number of ether oxygens (including phenoxy) is 1. The lowest BCUT2D eigenvalue weighted by atomic mass is 10.1. The van der Waals surface area contributed by atoms with E-state index < -0.39 is 15.8 Å². The van der Waals surface area contributed by atoms with E-state index in [1.807, 2.05) is 19.1 Å². The molecule has 6 heteroatoms. The Morgan fingerprint density at radius 1 is 0.960 bits per heavy atom. The van der Waals surface area contributed by atoms with Gasteiger partial charge in [0.2, 0.25) is 0 Å². The molecule has 0 atom stereocenters. The molecule has 3 aromatic rings.